The third-order valence-electron chi connectivity index (χ3n) is 2.76. The molecule has 0 aliphatic heterocycles. The van der Waals surface area contributed by atoms with E-state index in [4.69, 9.17) is 5.73 Å². The van der Waals surface area contributed by atoms with Crippen molar-refractivity contribution in [1.29, 1.82) is 0 Å². The molecule has 3 nitrogen and oxygen atoms in total. The van der Waals surface area contributed by atoms with Gasteiger partial charge in [0.25, 0.3) is 0 Å². The van der Waals surface area contributed by atoms with Gasteiger partial charge in [0, 0.05) is 19.5 Å². The minimum atomic E-state index is 0.287. The van der Waals surface area contributed by atoms with E-state index in [0.717, 1.165) is 38.8 Å². The summed E-state index contributed by atoms with van der Waals surface area (Å²) in [5.74, 6) is 0.287. The quantitative estimate of drug-likeness (QED) is 0.584. The van der Waals surface area contributed by atoms with E-state index in [9.17, 15) is 4.79 Å². The summed E-state index contributed by atoms with van der Waals surface area (Å²) in [7, 11) is 0. The van der Waals surface area contributed by atoms with Gasteiger partial charge in [-0.2, -0.15) is 0 Å². The van der Waals surface area contributed by atoms with Crippen LogP contribution in [0, 0.1) is 0 Å². The molecule has 0 fully saturated rings. The van der Waals surface area contributed by atoms with Crippen molar-refractivity contribution in [3.8, 4) is 0 Å². The lowest BCUT2D eigenvalue weighted by Crippen LogP contribution is -2.33. The molecule has 0 spiro atoms. The van der Waals surface area contributed by atoms with Gasteiger partial charge in [0.2, 0.25) is 5.91 Å². The molecule has 2 N–H and O–H groups in total. The van der Waals surface area contributed by atoms with Gasteiger partial charge in [-0.1, -0.05) is 33.1 Å². The van der Waals surface area contributed by atoms with Crippen LogP contribution in [0.3, 0.4) is 0 Å². The predicted octanol–water partition coefficient (Wildman–Crippen LogP) is 2.54. The highest BCUT2D eigenvalue weighted by molar-refractivity contribution is 5.76. The Bertz CT molecular complexity index is 171. The molecular weight excluding hydrogens is 200 g/mol. The Morgan fingerprint density at radius 1 is 1.00 bits per heavy atom. The van der Waals surface area contributed by atoms with Gasteiger partial charge >= 0.3 is 0 Å². The Labute approximate surface area is 100 Å². The van der Waals surface area contributed by atoms with Crippen molar-refractivity contribution in [2.75, 3.05) is 19.6 Å². The number of carbonyl (C=O) groups is 1. The number of amides is 1. The maximum absolute atomic E-state index is 11.9. The Morgan fingerprint density at radius 3 is 2.19 bits per heavy atom. The number of nitrogens with two attached hydrogens (primary N) is 1. The van der Waals surface area contributed by atoms with Gasteiger partial charge in [-0.15, -0.1) is 0 Å². The van der Waals surface area contributed by atoms with Crippen LogP contribution in [0.1, 0.15) is 58.8 Å². The molecule has 0 saturated heterocycles. The van der Waals surface area contributed by atoms with Crippen LogP contribution in [0.5, 0.6) is 0 Å². The lowest BCUT2D eigenvalue weighted by molar-refractivity contribution is -0.131. The Morgan fingerprint density at radius 2 is 1.62 bits per heavy atom. The van der Waals surface area contributed by atoms with Crippen LogP contribution in [0.15, 0.2) is 0 Å². The van der Waals surface area contributed by atoms with E-state index in [1.54, 1.807) is 0 Å². The summed E-state index contributed by atoms with van der Waals surface area (Å²) in [6.07, 6.45) is 7.25. The molecule has 0 atom stereocenters. The van der Waals surface area contributed by atoms with E-state index < -0.39 is 0 Å². The van der Waals surface area contributed by atoms with Crippen molar-refractivity contribution in [3.63, 3.8) is 0 Å². The zero-order chi connectivity index (χ0) is 12.2. The van der Waals surface area contributed by atoms with Crippen LogP contribution in [0.4, 0.5) is 0 Å². The van der Waals surface area contributed by atoms with E-state index in [-0.39, 0.29) is 5.91 Å². The van der Waals surface area contributed by atoms with E-state index >= 15 is 0 Å². The molecule has 16 heavy (non-hydrogen) atoms. The summed E-state index contributed by atoms with van der Waals surface area (Å²) in [5.41, 5.74) is 5.43. The van der Waals surface area contributed by atoms with Gasteiger partial charge in [-0.25, -0.2) is 0 Å². The maximum atomic E-state index is 11.9. The second-order valence-electron chi connectivity index (χ2n) is 4.33. The van der Waals surface area contributed by atoms with Crippen LogP contribution in [-0.4, -0.2) is 30.4 Å². The molecular formula is C13H28N2O. The lowest BCUT2D eigenvalue weighted by Gasteiger charge is -2.22. The van der Waals surface area contributed by atoms with Crippen LogP contribution < -0.4 is 5.73 Å². The minimum absolute atomic E-state index is 0.287. The van der Waals surface area contributed by atoms with Gasteiger partial charge in [0.1, 0.15) is 0 Å². The number of rotatable bonds is 10. The van der Waals surface area contributed by atoms with Crippen molar-refractivity contribution in [1.82, 2.24) is 4.90 Å². The Balaban J connectivity index is 3.91. The van der Waals surface area contributed by atoms with Crippen LogP contribution >= 0.6 is 0 Å². The Hall–Kier alpha value is -0.570. The summed E-state index contributed by atoms with van der Waals surface area (Å²) in [4.78, 5) is 13.9. The van der Waals surface area contributed by atoms with Crippen molar-refractivity contribution in [3.05, 3.63) is 0 Å². The van der Waals surface area contributed by atoms with E-state index in [1.807, 2.05) is 4.90 Å². The largest absolute Gasteiger partial charge is 0.343 e. The van der Waals surface area contributed by atoms with Gasteiger partial charge in [0.15, 0.2) is 0 Å². The molecule has 0 aromatic carbocycles. The van der Waals surface area contributed by atoms with Crippen LogP contribution in [-0.2, 0) is 4.79 Å². The van der Waals surface area contributed by atoms with E-state index in [2.05, 4.69) is 13.8 Å². The van der Waals surface area contributed by atoms with Crippen molar-refractivity contribution in [2.45, 2.75) is 58.8 Å². The summed E-state index contributed by atoms with van der Waals surface area (Å²) in [6.45, 7) is 6.81. The SMILES string of the molecule is CCCCCN(CCCC)C(=O)CCCN. The molecule has 96 valence electrons. The summed E-state index contributed by atoms with van der Waals surface area (Å²) in [6, 6.07) is 0. The molecule has 0 heterocycles. The summed E-state index contributed by atoms with van der Waals surface area (Å²) >= 11 is 0. The maximum Gasteiger partial charge on any atom is 0.222 e. The van der Waals surface area contributed by atoms with Crippen molar-refractivity contribution < 1.29 is 4.79 Å². The smallest absolute Gasteiger partial charge is 0.222 e. The third kappa shape index (κ3) is 7.69. The average molecular weight is 228 g/mol. The van der Waals surface area contributed by atoms with Gasteiger partial charge in [-0.05, 0) is 25.8 Å². The summed E-state index contributed by atoms with van der Waals surface area (Å²) in [5, 5.41) is 0. The first-order chi connectivity index (χ1) is 7.76. The second kappa shape index (κ2) is 10.9. The van der Waals surface area contributed by atoms with Gasteiger partial charge < -0.3 is 10.6 Å². The highest BCUT2D eigenvalue weighted by Crippen LogP contribution is 2.04. The molecule has 0 aliphatic carbocycles. The fraction of sp³-hybridized carbons (Fsp3) is 0.923. The highest BCUT2D eigenvalue weighted by atomic mass is 16.2. The molecule has 0 aromatic heterocycles. The zero-order valence-electron chi connectivity index (χ0n) is 11.0. The average Bonchev–Trinajstić information content (AvgIpc) is 2.30. The molecule has 0 rings (SSSR count). The van der Waals surface area contributed by atoms with E-state index in [1.165, 1.54) is 12.8 Å². The fourth-order valence-electron chi connectivity index (χ4n) is 1.67. The highest BCUT2D eigenvalue weighted by Gasteiger charge is 2.11. The number of unbranched alkanes of at least 4 members (excludes halogenated alkanes) is 3. The first kappa shape index (κ1) is 15.4. The third-order valence-corrected chi connectivity index (χ3v) is 2.76. The first-order valence-electron chi connectivity index (χ1n) is 6.74. The second-order valence-corrected chi connectivity index (χ2v) is 4.33. The molecule has 0 aliphatic rings. The monoisotopic (exact) mass is 228 g/mol. The number of hydrogen-bond acceptors (Lipinski definition) is 2. The standard InChI is InChI=1S/C13H28N2O/c1-3-5-7-12-15(11-6-4-2)13(16)9-8-10-14/h3-12,14H2,1-2H3. The molecule has 1 amide bonds. The molecule has 0 aromatic rings. The lowest BCUT2D eigenvalue weighted by atomic mass is 10.2. The summed E-state index contributed by atoms with van der Waals surface area (Å²) < 4.78 is 0. The number of carbonyl (C=O) groups excluding carboxylic acids is 1. The van der Waals surface area contributed by atoms with Gasteiger partial charge in [-0.3, -0.25) is 4.79 Å². The molecule has 0 bridgehead atoms. The molecule has 3 heteroatoms. The first-order valence-corrected chi connectivity index (χ1v) is 6.74. The molecule has 0 radical (unpaired) electrons. The van der Waals surface area contributed by atoms with Gasteiger partial charge in [0.05, 0.1) is 0 Å². The van der Waals surface area contributed by atoms with E-state index in [0.29, 0.717) is 13.0 Å². The number of nitrogens with zero attached hydrogens (tertiary/aromatic N) is 1. The molecule has 0 saturated carbocycles. The fourth-order valence-corrected chi connectivity index (χ4v) is 1.67. The van der Waals surface area contributed by atoms with Crippen LogP contribution in [0.25, 0.3) is 0 Å². The Kier molecular flexibility index (Phi) is 10.5. The topological polar surface area (TPSA) is 46.3 Å². The van der Waals surface area contributed by atoms with Crippen LogP contribution in [0.2, 0.25) is 0 Å². The molecule has 0 unspecified atom stereocenters. The predicted molar refractivity (Wildman–Crippen MR) is 69.3 cm³/mol. The normalized spacial score (nSPS) is 10.4. The van der Waals surface area contributed by atoms with Crippen molar-refractivity contribution in [2.24, 2.45) is 5.73 Å². The van der Waals surface area contributed by atoms with Crippen molar-refractivity contribution >= 4 is 5.91 Å². The zero-order valence-corrected chi connectivity index (χ0v) is 11.0. The number of hydrogen-bond donors (Lipinski definition) is 1. The minimum Gasteiger partial charge on any atom is -0.343 e.